The first kappa shape index (κ1) is 22.1. The number of rotatable bonds is 4. The van der Waals surface area contributed by atoms with Gasteiger partial charge in [0.1, 0.15) is 21.9 Å². The van der Waals surface area contributed by atoms with Crippen molar-refractivity contribution in [1.29, 1.82) is 5.26 Å². The molecule has 0 atom stereocenters. The van der Waals surface area contributed by atoms with Crippen molar-refractivity contribution in [3.63, 3.8) is 0 Å². The Bertz CT molecular complexity index is 1190. The smallest absolute Gasteiger partial charge is 0.406 e. The number of halogens is 4. The predicted molar refractivity (Wildman–Crippen MR) is 107 cm³/mol. The zero-order valence-electron chi connectivity index (χ0n) is 16.0. The summed E-state index contributed by atoms with van der Waals surface area (Å²) in [5, 5.41) is 10.6. The van der Waals surface area contributed by atoms with Crippen molar-refractivity contribution in [1.82, 2.24) is 9.97 Å². The second-order valence-corrected chi connectivity index (χ2v) is 6.89. The van der Waals surface area contributed by atoms with E-state index in [2.05, 4.69) is 26.5 Å². The highest BCUT2D eigenvalue weighted by Crippen LogP contribution is 2.26. The van der Waals surface area contributed by atoms with Crippen LogP contribution in [-0.4, -0.2) is 16.3 Å². The Morgan fingerprint density at radius 2 is 1.84 bits per heavy atom. The summed E-state index contributed by atoms with van der Waals surface area (Å²) in [6, 6.07) is 10.6. The minimum Gasteiger partial charge on any atom is -0.406 e. The highest BCUT2D eigenvalue weighted by atomic mass is 32.2. The molecule has 1 aromatic heterocycles. The van der Waals surface area contributed by atoms with Crippen LogP contribution in [0, 0.1) is 28.5 Å². The summed E-state index contributed by atoms with van der Waals surface area (Å²) < 4.78 is 55.2. The van der Waals surface area contributed by atoms with Crippen LogP contribution >= 0.6 is 11.8 Å². The third-order valence-electron chi connectivity index (χ3n) is 4.05. The lowest BCUT2D eigenvalue weighted by molar-refractivity contribution is -0.274. The van der Waals surface area contributed by atoms with Gasteiger partial charge in [0, 0.05) is 28.5 Å². The normalized spacial score (nSPS) is 10.7. The molecule has 0 radical (unpaired) electrons. The van der Waals surface area contributed by atoms with Crippen LogP contribution in [0.15, 0.2) is 53.7 Å². The molecule has 0 saturated heterocycles. The van der Waals surface area contributed by atoms with E-state index >= 15 is 0 Å². The Hall–Kier alpha value is -3.56. The van der Waals surface area contributed by atoms with Gasteiger partial charge in [-0.05, 0) is 42.3 Å². The number of hydrogen-bond donors (Lipinski definition) is 0. The summed E-state index contributed by atoms with van der Waals surface area (Å²) in [5.41, 5.74) is 2.39. The molecule has 3 aromatic rings. The van der Waals surface area contributed by atoms with E-state index in [4.69, 9.17) is 5.26 Å². The Morgan fingerprint density at radius 3 is 2.45 bits per heavy atom. The molecule has 0 spiro atoms. The standard InChI is InChI=1S/C22H13F4N3OS/c1-2-15-11-18(30-22(24,25)26)10-9-16(15)6-3-14-4-7-17(8-5-14)20-21(23)29-19(12-28-20)31-13-27/h4-5,7-12H,2H2,1H3. The van der Waals surface area contributed by atoms with E-state index in [9.17, 15) is 17.6 Å². The molecule has 1 heterocycles. The fourth-order valence-corrected chi connectivity index (χ4v) is 3.00. The van der Waals surface area contributed by atoms with Crippen LogP contribution in [0.25, 0.3) is 11.3 Å². The number of aromatic nitrogens is 2. The molecule has 31 heavy (non-hydrogen) atoms. The van der Waals surface area contributed by atoms with Crippen LogP contribution in [-0.2, 0) is 6.42 Å². The summed E-state index contributed by atoms with van der Waals surface area (Å²) in [4.78, 5) is 7.70. The van der Waals surface area contributed by atoms with Crippen LogP contribution in [0.2, 0.25) is 0 Å². The van der Waals surface area contributed by atoms with Crippen molar-refractivity contribution in [2.45, 2.75) is 24.7 Å². The maximum Gasteiger partial charge on any atom is 0.573 e. The zero-order chi connectivity index (χ0) is 22.4. The van der Waals surface area contributed by atoms with E-state index in [0.717, 1.165) is 0 Å². The maximum atomic E-state index is 14.1. The van der Waals surface area contributed by atoms with E-state index in [1.165, 1.54) is 24.4 Å². The van der Waals surface area contributed by atoms with Crippen molar-refractivity contribution in [2.24, 2.45) is 0 Å². The summed E-state index contributed by atoms with van der Waals surface area (Å²) in [7, 11) is 0. The average molecular weight is 443 g/mol. The van der Waals surface area contributed by atoms with Crippen LogP contribution < -0.4 is 4.74 Å². The van der Waals surface area contributed by atoms with Gasteiger partial charge in [-0.2, -0.15) is 9.65 Å². The molecule has 0 aliphatic carbocycles. The molecular weight excluding hydrogens is 430 g/mol. The van der Waals surface area contributed by atoms with Gasteiger partial charge in [0.15, 0.2) is 0 Å². The van der Waals surface area contributed by atoms with E-state index in [0.29, 0.717) is 40.4 Å². The highest BCUT2D eigenvalue weighted by molar-refractivity contribution is 8.03. The first-order valence-corrected chi connectivity index (χ1v) is 9.70. The first-order chi connectivity index (χ1) is 14.8. The molecule has 2 aromatic carbocycles. The van der Waals surface area contributed by atoms with E-state index in [1.54, 1.807) is 29.7 Å². The fraction of sp³-hybridized carbons (Fsp3) is 0.136. The molecule has 0 aliphatic rings. The van der Waals surface area contributed by atoms with Crippen molar-refractivity contribution >= 4 is 11.8 Å². The van der Waals surface area contributed by atoms with Gasteiger partial charge in [0.05, 0.1) is 6.20 Å². The lowest BCUT2D eigenvalue weighted by Gasteiger charge is -2.10. The van der Waals surface area contributed by atoms with Gasteiger partial charge in [-0.15, -0.1) is 13.2 Å². The third-order valence-corrected chi connectivity index (χ3v) is 4.55. The van der Waals surface area contributed by atoms with Crippen LogP contribution in [0.4, 0.5) is 17.6 Å². The molecule has 0 amide bonds. The van der Waals surface area contributed by atoms with Gasteiger partial charge in [-0.3, -0.25) is 0 Å². The van der Waals surface area contributed by atoms with Gasteiger partial charge in [0.2, 0.25) is 5.95 Å². The minimum atomic E-state index is -4.75. The minimum absolute atomic E-state index is 0.0512. The van der Waals surface area contributed by atoms with Gasteiger partial charge in [-0.25, -0.2) is 9.97 Å². The third kappa shape index (κ3) is 5.97. The second kappa shape index (κ2) is 9.50. The molecule has 3 rings (SSSR count). The topological polar surface area (TPSA) is 58.8 Å². The number of thioether (sulfide) groups is 1. The molecule has 0 fully saturated rings. The zero-order valence-corrected chi connectivity index (χ0v) is 16.8. The number of ether oxygens (including phenoxy) is 1. The Morgan fingerprint density at radius 1 is 1.10 bits per heavy atom. The van der Waals surface area contributed by atoms with E-state index < -0.39 is 12.3 Å². The molecular formula is C22H13F4N3OS. The van der Waals surface area contributed by atoms with Crippen molar-refractivity contribution < 1.29 is 22.3 Å². The maximum absolute atomic E-state index is 14.1. The summed E-state index contributed by atoms with van der Waals surface area (Å²) in [6.07, 6.45) is -2.95. The van der Waals surface area contributed by atoms with E-state index in [1.807, 2.05) is 6.92 Å². The quantitative estimate of drug-likeness (QED) is 0.224. The molecule has 0 saturated carbocycles. The molecule has 0 N–H and O–H groups in total. The Labute approximate surface area is 179 Å². The first-order valence-electron chi connectivity index (χ1n) is 8.88. The average Bonchev–Trinajstić information content (AvgIpc) is 2.72. The van der Waals surface area contributed by atoms with Gasteiger partial charge >= 0.3 is 6.36 Å². The van der Waals surface area contributed by atoms with Gasteiger partial charge in [-0.1, -0.05) is 30.9 Å². The summed E-state index contributed by atoms with van der Waals surface area (Å²) in [5.74, 6) is 4.81. The number of nitriles is 1. The molecule has 9 heteroatoms. The number of thiocyanates is 1. The number of alkyl halides is 3. The predicted octanol–water partition coefficient (Wildman–Crippen LogP) is 5.72. The van der Waals surface area contributed by atoms with Crippen molar-refractivity contribution in [3.8, 4) is 34.2 Å². The molecule has 4 nitrogen and oxygen atoms in total. The Balaban J connectivity index is 1.81. The number of hydrogen-bond acceptors (Lipinski definition) is 5. The van der Waals surface area contributed by atoms with Gasteiger partial charge < -0.3 is 4.74 Å². The number of aryl methyl sites for hydroxylation is 1. The van der Waals surface area contributed by atoms with Crippen molar-refractivity contribution in [3.05, 3.63) is 71.3 Å². The lowest BCUT2D eigenvalue weighted by atomic mass is 10.0. The monoisotopic (exact) mass is 443 g/mol. The van der Waals surface area contributed by atoms with E-state index in [-0.39, 0.29) is 16.5 Å². The van der Waals surface area contributed by atoms with Gasteiger partial charge in [0.25, 0.3) is 0 Å². The number of benzene rings is 2. The molecule has 0 aliphatic heterocycles. The van der Waals surface area contributed by atoms with Crippen LogP contribution in [0.3, 0.4) is 0 Å². The fourth-order valence-electron chi connectivity index (χ4n) is 2.67. The molecule has 0 unspecified atom stereocenters. The lowest BCUT2D eigenvalue weighted by Crippen LogP contribution is -2.17. The van der Waals surface area contributed by atoms with Crippen LogP contribution in [0.5, 0.6) is 5.75 Å². The van der Waals surface area contributed by atoms with Crippen molar-refractivity contribution in [2.75, 3.05) is 0 Å². The Kier molecular flexibility index (Phi) is 6.78. The van der Waals surface area contributed by atoms with Crippen LogP contribution in [0.1, 0.15) is 23.6 Å². The highest BCUT2D eigenvalue weighted by Gasteiger charge is 2.31. The summed E-state index contributed by atoms with van der Waals surface area (Å²) >= 11 is 0.717. The second-order valence-electron chi connectivity index (χ2n) is 6.09. The molecule has 0 bridgehead atoms. The SMILES string of the molecule is CCc1cc(OC(F)(F)F)ccc1C#Cc1ccc(-c2ncc(SC#N)nc2F)cc1. The largest absolute Gasteiger partial charge is 0.573 e. The number of nitrogens with zero attached hydrogens (tertiary/aromatic N) is 3. The molecule has 156 valence electrons. The summed E-state index contributed by atoms with van der Waals surface area (Å²) in [6.45, 7) is 1.81.